The van der Waals surface area contributed by atoms with Gasteiger partial charge in [0.25, 0.3) is 0 Å². The topological polar surface area (TPSA) is 59.5 Å². The number of esters is 1. The van der Waals surface area contributed by atoms with Crippen LogP contribution in [0, 0.1) is 12.8 Å². The lowest BCUT2D eigenvalue weighted by Gasteiger charge is -2.15. The molecular weight excluding hydrogens is 220 g/mol. The lowest BCUT2D eigenvalue weighted by Crippen LogP contribution is -2.26. The lowest BCUT2D eigenvalue weighted by atomic mass is 10.1. The molecule has 1 unspecified atom stereocenters. The van der Waals surface area contributed by atoms with Gasteiger partial charge >= 0.3 is 5.97 Å². The monoisotopic (exact) mass is 234 g/mol. The zero-order chi connectivity index (χ0) is 12.4. The second-order valence-corrected chi connectivity index (χ2v) is 4.09. The Bertz CT molecular complexity index is 442. The second-order valence-electron chi connectivity index (χ2n) is 4.09. The average molecular weight is 234 g/mol. The number of carbonyl (C=O) groups is 2. The van der Waals surface area contributed by atoms with Crippen molar-refractivity contribution < 1.29 is 14.3 Å². The first-order chi connectivity index (χ1) is 8.11. The summed E-state index contributed by atoms with van der Waals surface area (Å²) in [6.45, 7) is 2.25. The van der Waals surface area contributed by atoms with E-state index in [4.69, 9.17) is 0 Å². The molecule has 90 valence electrons. The summed E-state index contributed by atoms with van der Waals surface area (Å²) in [5.74, 6) is -0.763. The molecule has 0 aliphatic carbocycles. The highest BCUT2D eigenvalue weighted by Gasteiger charge is 2.35. The summed E-state index contributed by atoms with van der Waals surface area (Å²) in [7, 11) is 1.34. The molecule has 1 amide bonds. The Hall–Kier alpha value is -1.91. The van der Waals surface area contributed by atoms with Crippen molar-refractivity contribution in [3.05, 3.63) is 24.0 Å². The summed E-state index contributed by atoms with van der Waals surface area (Å²) in [4.78, 5) is 28.9. The number of hydrogen-bond acceptors (Lipinski definition) is 4. The Morgan fingerprint density at radius 3 is 2.88 bits per heavy atom. The number of carbonyl (C=O) groups excluding carboxylic acids is 2. The van der Waals surface area contributed by atoms with Crippen LogP contribution in [0.5, 0.6) is 0 Å². The van der Waals surface area contributed by atoms with Gasteiger partial charge in [0.2, 0.25) is 5.91 Å². The van der Waals surface area contributed by atoms with Gasteiger partial charge in [-0.05, 0) is 19.1 Å². The minimum absolute atomic E-state index is 0.0638. The van der Waals surface area contributed by atoms with E-state index in [-0.39, 0.29) is 24.2 Å². The van der Waals surface area contributed by atoms with Gasteiger partial charge in [-0.25, -0.2) is 0 Å². The van der Waals surface area contributed by atoms with Gasteiger partial charge in [-0.15, -0.1) is 0 Å². The number of aromatic nitrogens is 1. The predicted octanol–water partition coefficient (Wildman–Crippen LogP) is 0.916. The Morgan fingerprint density at radius 2 is 2.29 bits per heavy atom. The number of hydrogen-bond donors (Lipinski definition) is 0. The van der Waals surface area contributed by atoms with Crippen LogP contribution in [0.15, 0.2) is 18.3 Å². The maximum absolute atomic E-state index is 11.8. The molecule has 1 saturated heterocycles. The highest BCUT2D eigenvalue weighted by molar-refractivity contribution is 5.99. The summed E-state index contributed by atoms with van der Waals surface area (Å²) in [5.41, 5.74) is 1.62. The third-order valence-electron chi connectivity index (χ3n) is 2.87. The number of amides is 1. The summed E-state index contributed by atoms with van der Waals surface area (Å²) >= 11 is 0. The average Bonchev–Trinajstić information content (AvgIpc) is 2.71. The van der Waals surface area contributed by atoms with E-state index in [1.807, 2.05) is 19.1 Å². The van der Waals surface area contributed by atoms with Crippen LogP contribution in [0.3, 0.4) is 0 Å². The zero-order valence-electron chi connectivity index (χ0n) is 9.84. The van der Waals surface area contributed by atoms with Gasteiger partial charge in [-0.1, -0.05) is 0 Å². The molecule has 17 heavy (non-hydrogen) atoms. The van der Waals surface area contributed by atoms with Crippen LogP contribution in [-0.4, -0.2) is 30.5 Å². The summed E-state index contributed by atoms with van der Waals surface area (Å²) < 4.78 is 4.65. The first-order valence-electron chi connectivity index (χ1n) is 5.42. The second kappa shape index (κ2) is 4.53. The van der Waals surface area contributed by atoms with Gasteiger partial charge in [0, 0.05) is 18.7 Å². The van der Waals surface area contributed by atoms with Crippen LogP contribution in [0.1, 0.15) is 12.1 Å². The van der Waals surface area contributed by atoms with Crippen LogP contribution in [0.2, 0.25) is 0 Å². The molecule has 0 radical (unpaired) electrons. The minimum Gasteiger partial charge on any atom is -0.469 e. The smallest absolute Gasteiger partial charge is 0.311 e. The van der Waals surface area contributed by atoms with Crippen molar-refractivity contribution in [1.29, 1.82) is 0 Å². The Labute approximate surface area is 99.4 Å². The molecule has 5 nitrogen and oxygen atoms in total. The molecule has 0 bridgehead atoms. The van der Waals surface area contributed by atoms with Gasteiger partial charge in [0.1, 0.15) is 0 Å². The SMILES string of the molecule is COC(=O)C1CC(=O)N(c2ccc(C)nc2)C1. The van der Waals surface area contributed by atoms with Crippen molar-refractivity contribution in [3.8, 4) is 0 Å². The van der Waals surface area contributed by atoms with E-state index in [1.165, 1.54) is 7.11 Å². The van der Waals surface area contributed by atoms with Crippen LogP contribution in [-0.2, 0) is 14.3 Å². The minimum atomic E-state index is -0.367. The molecular formula is C12H14N2O3. The number of nitrogens with zero attached hydrogens (tertiary/aromatic N) is 2. The molecule has 0 aromatic carbocycles. The van der Waals surface area contributed by atoms with Crippen molar-refractivity contribution in [2.24, 2.45) is 5.92 Å². The third-order valence-corrected chi connectivity index (χ3v) is 2.87. The molecule has 2 rings (SSSR count). The number of ether oxygens (including phenoxy) is 1. The van der Waals surface area contributed by atoms with E-state index in [1.54, 1.807) is 11.1 Å². The van der Waals surface area contributed by atoms with Crippen molar-refractivity contribution in [2.75, 3.05) is 18.6 Å². The number of methoxy groups -OCH3 is 1. The van der Waals surface area contributed by atoms with Crippen LogP contribution >= 0.6 is 0 Å². The highest BCUT2D eigenvalue weighted by atomic mass is 16.5. The summed E-state index contributed by atoms with van der Waals surface area (Å²) in [5, 5.41) is 0. The zero-order valence-corrected chi connectivity index (χ0v) is 9.84. The van der Waals surface area contributed by atoms with Gasteiger partial charge in [0.05, 0.1) is 24.9 Å². The fourth-order valence-corrected chi connectivity index (χ4v) is 1.90. The van der Waals surface area contributed by atoms with E-state index in [0.717, 1.165) is 11.4 Å². The molecule has 0 saturated carbocycles. The molecule has 1 atom stereocenters. The molecule has 2 heterocycles. The summed E-state index contributed by atoms with van der Waals surface area (Å²) in [6, 6.07) is 3.67. The standard InChI is InChI=1S/C12H14N2O3/c1-8-3-4-10(6-13-8)14-7-9(5-11(14)15)12(16)17-2/h3-4,6,9H,5,7H2,1-2H3. The van der Waals surface area contributed by atoms with Gasteiger partial charge in [-0.3, -0.25) is 14.6 Å². The lowest BCUT2D eigenvalue weighted by molar-refractivity contribution is -0.145. The Morgan fingerprint density at radius 1 is 1.53 bits per heavy atom. The van der Waals surface area contributed by atoms with Crippen molar-refractivity contribution in [3.63, 3.8) is 0 Å². The van der Waals surface area contributed by atoms with Crippen LogP contribution < -0.4 is 4.90 Å². The molecule has 1 aromatic rings. The Kier molecular flexibility index (Phi) is 3.08. The van der Waals surface area contributed by atoms with Crippen molar-refractivity contribution in [2.45, 2.75) is 13.3 Å². The first kappa shape index (κ1) is 11.6. The number of aryl methyl sites for hydroxylation is 1. The van der Waals surface area contributed by atoms with Gasteiger partial charge in [0.15, 0.2) is 0 Å². The molecule has 5 heteroatoms. The van der Waals surface area contributed by atoms with Gasteiger partial charge < -0.3 is 9.64 Å². The molecule has 1 aromatic heterocycles. The van der Waals surface area contributed by atoms with E-state index in [2.05, 4.69) is 9.72 Å². The maximum Gasteiger partial charge on any atom is 0.311 e. The van der Waals surface area contributed by atoms with E-state index >= 15 is 0 Å². The van der Waals surface area contributed by atoms with E-state index in [0.29, 0.717) is 6.54 Å². The number of rotatable bonds is 2. The fourth-order valence-electron chi connectivity index (χ4n) is 1.90. The molecule has 0 N–H and O–H groups in total. The molecule has 0 spiro atoms. The highest BCUT2D eigenvalue weighted by Crippen LogP contribution is 2.25. The van der Waals surface area contributed by atoms with Crippen molar-refractivity contribution in [1.82, 2.24) is 4.98 Å². The predicted molar refractivity (Wildman–Crippen MR) is 61.5 cm³/mol. The molecule has 1 fully saturated rings. The fraction of sp³-hybridized carbons (Fsp3) is 0.417. The normalized spacial score (nSPS) is 19.5. The van der Waals surface area contributed by atoms with Gasteiger partial charge in [-0.2, -0.15) is 0 Å². The maximum atomic E-state index is 11.8. The largest absolute Gasteiger partial charge is 0.469 e. The van der Waals surface area contributed by atoms with Crippen LogP contribution in [0.25, 0.3) is 0 Å². The van der Waals surface area contributed by atoms with E-state index < -0.39 is 0 Å². The quantitative estimate of drug-likeness (QED) is 0.714. The van der Waals surface area contributed by atoms with Crippen LogP contribution in [0.4, 0.5) is 5.69 Å². The Balaban J connectivity index is 2.15. The first-order valence-corrected chi connectivity index (χ1v) is 5.42. The van der Waals surface area contributed by atoms with Crippen molar-refractivity contribution >= 4 is 17.6 Å². The number of anilines is 1. The molecule has 1 aliphatic heterocycles. The summed E-state index contributed by atoms with van der Waals surface area (Å²) in [6.07, 6.45) is 1.85. The molecule has 1 aliphatic rings. The third kappa shape index (κ3) is 2.27. The van der Waals surface area contributed by atoms with E-state index in [9.17, 15) is 9.59 Å². The number of pyridine rings is 1.